The average molecular weight is 884 g/mol. The molecule has 3 fully saturated rings. The molecule has 8 rings (SSSR count). The number of morpholine rings is 1. The predicted molar refractivity (Wildman–Crippen MR) is 230 cm³/mol. The van der Waals surface area contributed by atoms with Crippen LogP contribution in [0.25, 0.3) is 22.3 Å². The van der Waals surface area contributed by atoms with E-state index < -0.39 is 12.1 Å². The summed E-state index contributed by atoms with van der Waals surface area (Å²) in [5.41, 5.74) is 5.73. The lowest BCUT2D eigenvalue weighted by Crippen LogP contribution is -2.51. The molecule has 20 heteroatoms. The fourth-order valence-corrected chi connectivity index (χ4v) is 7.72. The zero-order valence-corrected chi connectivity index (χ0v) is 34.9. The van der Waals surface area contributed by atoms with Crippen molar-refractivity contribution in [3.8, 4) is 11.3 Å². The summed E-state index contributed by atoms with van der Waals surface area (Å²) in [6, 6.07) is 17.0. The highest BCUT2D eigenvalue weighted by molar-refractivity contribution is 6.03. The number of carboxylic acid groups (broad SMARTS) is 1. The number of anilines is 2. The molecule has 3 aliphatic rings. The smallest absolute Gasteiger partial charge is 0.475 e. The number of piperazine rings is 1. The normalized spacial score (nSPS) is 17.3. The quantitative estimate of drug-likeness (QED) is 0.138. The van der Waals surface area contributed by atoms with E-state index in [1.165, 1.54) is 0 Å². The minimum Gasteiger partial charge on any atom is -0.475 e. The Labute approximate surface area is 366 Å². The summed E-state index contributed by atoms with van der Waals surface area (Å²) in [6.07, 6.45) is 3.24. The molecule has 1 aromatic carbocycles. The minimum atomic E-state index is -5.08. The van der Waals surface area contributed by atoms with Crippen LogP contribution in [0.1, 0.15) is 39.3 Å². The summed E-state index contributed by atoms with van der Waals surface area (Å²) >= 11 is 0. The largest absolute Gasteiger partial charge is 0.490 e. The molecule has 64 heavy (non-hydrogen) atoms. The molecular weight excluding hydrogens is 836 g/mol. The lowest BCUT2D eigenvalue weighted by Gasteiger charge is -2.35. The molecule has 4 aromatic heterocycles. The summed E-state index contributed by atoms with van der Waals surface area (Å²) < 4.78 is 37.2. The summed E-state index contributed by atoms with van der Waals surface area (Å²) in [5.74, 6) is -2.31. The Morgan fingerprint density at radius 2 is 1.66 bits per heavy atom. The molecular formula is C44H48F3N11O6. The van der Waals surface area contributed by atoms with Gasteiger partial charge in [-0.2, -0.15) is 13.2 Å². The van der Waals surface area contributed by atoms with Gasteiger partial charge in [0, 0.05) is 100 Å². The Hall–Kier alpha value is -6.77. The van der Waals surface area contributed by atoms with Gasteiger partial charge in [0.1, 0.15) is 23.5 Å². The highest BCUT2D eigenvalue weighted by Gasteiger charge is 2.38. The van der Waals surface area contributed by atoms with Crippen molar-refractivity contribution in [2.24, 2.45) is 0 Å². The number of carboxylic acids is 1. The van der Waals surface area contributed by atoms with Crippen molar-refractivity contribution in [2.45, 2.75) is 31.6 Å². The number of carbonyl (C=O) groups is 4. The lowest BCUT2D eigenvalue weighted by atomic mass is 10.0. The standard InChI is InChI=1S/C42H47N11O4.C2HF3O2/c1-29(25-50-14-16-53(17-15-50)42(56)32-4-2-11-43-24-32)40(54)48-34-5-3-13-51(27-34)26-30-10-12-44-37(22-30)41(55)47-33-8-6-31(7-9-33)36-23-35-38(49-36)45-28-46-39(35)52-18-20-57-21-19-52;3-2(4,5)1(6)7/h2,4,6-12,22-24,28,34H,1,3,5,13-21,25-27H2,(H,47,55)(H,48,54)(H,45,46,49);(H,6,7)/t34-;/m1./s1. The van der Waals surface area contributed by atoms with E-state index in [0.29, 0.717) is 81.5 Å². The average Bonchev–Trinajstić information content (AvgIpc) is 3.75. The lowest BCUT2D eigenvalue weighted by molar-refractivity contribution is -0.192. The monoisotopic (exact) mass is 883 g/mol. The number of aliphatic carboxylic acids is 1. The first-order valence-corrected chi connectivity index (χ1v) is 20.8. The van der Waals surface area contributed by atoms with Crippen molar-refractivity contribution in [1.82, 2.24) is 44.9 Å². The molecule has 0 unspecified atom stereocenters. The van der Waals surface area contributed by atoms with Crippen LogP contribution in [0.5, 0.6) is 0 Å². The second-order valence-electron chi connectivity index (χ2n) is 15.6. The molecule has 4 N–H and O–H groups in total. The van der Waals surface area contributed by atoms with E-state index in [-0.39, 0.29) is 23.8 Å². The number of aromatic amines is 1. The zero-order valence-electron chi connectivity index (χ0n) is 34.9. The van der Waals surface area contributed by atoms with Gasteiger partial charge in [0.2, 0.25) is 5.91 Å². The molecule has 0 saturated carbocycles. The number of fused-ring (bicyclic) bond motifs is 1. The van der Waals surface area contributed by atoms with Gasteiger partial charge in [0.25, 0.3) is 11.8 Å². The second kappa shape index (κ2) is 20.6. The van der Waals surface area contributed by atoms with Crippen LogP contribution < -0.4 is 15.5 Å². The SMILES string of the molecule is C=C(CN1CCN(C(=O)c2cccnc2)CC1)C(=O)N[C@@H]1CCCN(Cc2ccnc(C(=O)Nc3ccc(-c4cc5c(N6CCOCC6)ncnc5[nH]4)cc3)c2)C1.O=C(O)C(F)(F)F. The summed E-state index contributed by atoms with van der Waals surface area (Å²) in [6.45, 7) is 12.2. The Balaban J connectivity index is 0.000000809. The maximum absolute atomic E-state index is 13.3. The highest BCUT2D eigenvalue weighted by Crippen LogP contribution is 2.30. The molecule has 3 aliphatic heterocycles. The Kier molecular flexibility index (Phi) is 14.6. The molecule has 3 saturated heterocycles. The number of nitrogens with one attached hydrogen (secondary N) is 3. The number of nitrogens with zero attached hydrogens (tertiary/aromatic N) is 8. The van der Waals surface area contributed by atoms with E-state index in [0.717, 1.165) is 66.1 Å². The first-order valence-electron chi connectivity index (χ1n) is 20.8. The van der Waals surface area contributed by atoms with Crippen molar-refractivity contribution in [3.63, 3.8) is 0 Å². The van der Waals surface area contributed by atoms with Crippen LogP contribution in [0, 0.1) is 0 Å². The van der Waals surface area contributed by atoms with E-state index in [4.69, 9.17) is 14.6 Å². The first kappa shape index (κ1) is 45.3. The number of pyridine rings is 2. The number of halogens is 3. The van der Waals surface area contributed by atoms with Crippen LogP contribution in [0.3, 0.4) is 0 Å². The van der Waals surface area contributed by atoms with E-state index in [1.54, 1.807) is 37.1 Å². The molecule has 0 bridgehead atoms. The van der Waals surface area contributed by atoms with E-state index in [1.807, 2.05) is 41.3 Å². The molecule has 1 atom stereocenters. The van der Waals surface area contributed by atoms with E-state index in [2.05, 4.69) is 62.9 Å². The molecule has 0 aliphatic carbocycles. The molecule has 7 heterocycles. The summed E-state index contributed by atoms with van der Waals surface area (Å²) in [5, 5.41) is 14.3. The number of hydrogen-bond donors (Lipinski definition) is 4. The number of amides is 3. The van der Waals surface area contributed by atoms with Gasteiger partial charge in [-0.05, 0) is 73.0 Å². The maximum Gasteiger partial charge on any atom is 0.490 e. The van der Waals surface area contributed by atoms with E-state index >= 15 is 0 Å². The first-order chi connectivity index (χ1) is 30.8. The molecule has 3 amide bonds. The second-order valence-corrected chi connectivity index (χ2v) is 15.6. The Morgan fingerprint density at radius 3 is 2.36 bits per heavy atom. The number of benzene rings is 1. The number of likely N-dealkylation sites (tertiary alicyclic amines) is 1. The van der Waals surface area contributed by atoms with Gasteiger partial charge in [-0.15, -0.1) is 0 Å². The summed E-state index contributed by atoms with van der Waals surface area (Å²) in [7, 11) is 0. The minimum absolute atomic E-state index is 0.00589. The maximum atomic E-state index is 13.3. The molecule has 17 nitrogen and oxygen atoms in total. The van der Waals surface area contributed by atoms with E-state index in [9.17, 15) is 27.6 Å². The number of aromatic nitrogens is 5. The van der Waals surface area contributed by atoms with Crippen LogP contribution in [0.15, 0.2) is 91.7 Å². The van der Waals surface area contributed by atoms with Crippen LogP contribution in [-0.4, -0.2) is 153 Å². The number of H-pyrrole nitrogens is 1. The van der Waals surface area contributed by atoms with Crippen LogP contribution in [0.2, 0.25) is 0 Å². The Bertz CT molecular complexity index is 2440. The van der Waals surface area contributed by atoms with Gasteiger partial charge in [0.15, 0.2) is 0 Å². The van der Waals surface area contributed by atoms with Gasteiger partial charge >= 0.3 is 12.1 Å². The van der Waals surface area contributed by atoms with Crippen molar-refractivity contribution < 1.29 is 42.2 Å². The highest BCUT2D eigenvalue weighted by atomic mass is 19.4. The van der Waals surface area contributed by atoms with Crippen molar-refractivity contribution in [2.75, 3.05) is 82.3 Å². The molecule has 5 aromatic rings. The molecule has 0 radical (unpaired) electrons. The van der Waals surface area contributed by atoms with Gasteiger partial charge in [-0.1, -0.05) is 18.7 Å². The fraction of sp³-hybridized carbons (Fsp3) is 0.364. The molecule has 0 spiro atoms. The van der Waals surface area contributed by atoms with Gasteiger partial charge < -0.3 is 35.3 Å². The third-order valence-electron chi connectivity index (χ3n) is 11.0. The van der Waals surface area contributed by atoms with Crippen molar-refractivity contribution in [1.29, 1.82) is 0 Å². The zero-order chi connectivity index (χ0) is 45.2. The number of alkyl halides is 3. The van der Waals surface area contributed by atoms with Crippen LogP contribution in [0.4, 0.5) is 24.7 Å². The molecule has 336 valence electrons. The number of rotatable bonds is 11. The number of piperidine rings is 1. The third kappa shape index (κ3) is 11.8. The van der Waals surface area contributed by atoms with Crippen molar-refractivity contribution >= 4 is 46.2 Å². The number of hydrogen-bond acceptors (Lipinski definition) is 12. The number of ether oxygens (including phenoxy) is 1. The summed E-state index contributed by atoms with van der Waals surface area (Å²) in [4.78, 5) is 77.5. The Morgan fingerprint density at radius 1 is 0.906 bits per heavy atom. The van der Waals surface area contributed by atoms with Gasteiger partial charge in [-0.3, -0.25) is 34.2 Å². The topological polar surface area (TPSA) is 202 Å². The fourth-order valence-electron chi connectivity index (χ4n) is 7.72. The van der Waals surface area contributed by atoms with Gasteiger partial charge in [-0.25, -0.2) is 14.8 Å². The van der Waals surface area contributed by atoms with Gasteiger partial charge in [0.05, 0.1) is 24.2 Å². The van der Waals surface area contributed by atoms with Crippen LogP contribution in [-0.2, 0) is 20.9 Å². The number of carbonyl (C=O) groups excluding carboxylic acids is 3. The van der Waals surface area contributed by atoms with Crippen molar-refractivity contribution in [3.05, 3.63) is 108 Å². The third-order valence-corrected chi connectivity index (χ3v) is 11.0. The van der Waals surface area contributed by atoms with Crippen LogP contribution >= 0.6 is 0 Å². The predicted octanol–water partition coefficient (Wildman–Crippen LogP) is 4.23.